The van der Waals surface area contributed by atoms with Gasteiger partial charge in [-0.15, -0.1) is 10.2 Å². The van der Waals surface area contributed by atoms with Gasteiger partial charge in [-0.05, 0) is 25.7 Å². The Bertz CT molecular complexity index is 1020. The van der Waals surface area contributed by atoms with Crippen LogP contribution in [0.4, 0.5) is 5.95 Å². The average molecular weight is 519 g/mol. The zero-order valence-electron chi connectivity index (χ0n) is 19.6. The molecule has 34 heavy (non-hydrogen) atoms. The maximum atomic E-state index is 13.3. The lowest BCUT2D eigenvalue weighted by atomic mass is 9.75. The lowest BCUT2D eigenvalue weighted by Gasteiger charge is -2.34. The van der Waals surface area contributed by atoms with E-state index >= 15 is 0 Å². The topological polar surface area (TPSA) is 151 Å². The highest BCUT2D eigenvalue weighted by Gasteiger charge is 2.38. The molecular weight excluding hydrogens is 488 g/mol. The van der Waals surface area contributed by atoms with Crippen molar-refractivity contribution >= 4 is 27.6 Å². The third-order valence-electron chi connectivity index (χ3n) is 5.96. The third kappa shape index (κ3) is 5.83. The van der Waals surface area contributed by atoms with Crippen LogP contribution in [0.25, 0.3) is 0 Å². The number of hydrogen-bond donors (Lipinski definition) is 2. The van der Waals surface area contributed by atoms with Crippen LogP contribution in [0, 0.1) is 5.92 Å². The van der Waals surface area contributed by atoms with Gasteiger partial charge in [-0.1, -0.05) is 11.6 Å². The molecule has 1 fully saturated rings. The fraction of sp³-hybridized carbons (Fsp3) is 0.700. The molecule has 0 amide bonds. The molecule has 0 aliphatic heterocycles. The van der Waals surface area contributed by atoms with Crippen LogP contribution in [0.2, 0.25) is 5.02 Å². The molecule has 2 heterocycles. The van der Waals surface area contributed by atoms with Gasteiger partial charge in [0.05, 0.1) is 24.3 Å². The molecule has 0 radical (unpaired) electrons. The van der Waals surface area contributed by atoms with Crippen LogP contribution in [-0.4, -0.2) is 84.7 Å². The second-order valence-electron chi connectivity index (χ2n) is 8.30. The number of aliphatic hydroxyl groups excluding tert-OH is 1. The quantitative estimate of drug-likeness (QED) is 0.399. The molecule has 2 aromatic rings. The highest BCUT2D eigenvalue weighted by molar-refractivity contribution is 7.93. The minimum absolute atomic E-state index is 0.0470. The molecule has 12 nitrogen and oxygen atoms in total. The van der Waals surface area contributed by atoms with Crippen molar-refractivity contribution in [2.75, 3.05) is 45.9 Å². The lowest BCUT2D eigenvalue weighted by Crippen LogP contribution is -2.35. The molecule has 3 rings (SSSR count). The van der Waals surface area contributed by atoms with Crippen molar-refractivity contribution in [1.82, 2.24) is 24.7 Å². The van der Waals surface area contributed by atoms with Gasteiger partial charge in [0, 0.05) is 46.2 Å². The molecular formula is C20H31ClN6O6S. The van der Waals surface area contributed by atoms with E-state index in [-0.39, 0.29) is 49.5 Å². The second-order valence-corrected chi connectivity index (χ2v) is 10.8. The lowest BCUT2D eigenvalue weighted by molar-refractivity contribution is 0.0841. The fourth-order valence-electron chi connectivity index (χ4n) is 4.05. The second kappa shape index (κ2) is 11.7. The zero-order valence-corrected chi connectivity index (χ0v) is 21.2. The van der Waals surface area contributed by atoms with Gasteiger partial charge < -0.3 is 19.3 Å². The zero-order chi connectivity index (χ0) is 24.9. The van der Waals surface area contributed by atoms with Gasteiger partial charge in [0.1, 0.15) is 17.2 Å². The number of halogens is 1. The normalized spacial score (nSPS) is 20.2. The van der Waals surface area contributed by atoms with Crippen LogP contribution in [-0.2, 0) is 24.2 Å². The summed E-state index contributed by atoms with van der Waals surface area (Å²) >= 11 is 5.85. The number of sulfonamides is 1. The molecule has 0 bridgehead atoms. The molecule has 2 aromatic heterocycles. The predicted octanol–water partition coefficient (Wildman–Crippen LogP) is 1.56. The van der Waals surface area contributed by atoms with Crippen molar-refractivity contribution in [3.05, 3.63) is 29.1 Å². The number of hydrogen-bond acceptors (Lipinski definition) is 10. The summed E-state index contributed by atoms with van der Waals surface area (Å²) in [6.45, 7) is 2.12. The van der Waals surface area contributed by atoms with Crippen LogP contribution < -0.4 is 4.72 Å². The van der Waals surface area contributed by atoms with E-state index in [2.05, 4.69) is 24.9 Å². The first-order chi connectivity index (χ1) is 16.2. The van der Waals surface area contributed by atoms with Crippen molar-refractivity contribution < 1.29 is 27.7 Å². The molecule has 0 spiro atoms. The summed E-state index contributed by atoms with van der Waals surface area (Å²) in [6, 6.07) is -0.362. The van der Waals surface area contributed by atoms with E-state index in [1.54, 1.807) is 18.8 Å². The van der Waals surface area contributed by atoms with E-state index in [9.17, 15) is 13.5 Å². The summed E-state index contributed by atoms with van der Waals surface area (Å²) in [6.07, 6.45) is 3.29. The van der Waals surface area contributed by atoms with Crippen LogP contribution >= 0.6 is 11.6 Å². The first kappa shape index (κ1) is 26.7. The van der Waals surface area contributed by atoms with Gasteiger partial charge in [0.2, 0.25) is 16.0 Å². The Labute approximate surface area is 204 Å². The molecule has 2 atom stereocenters. The maximum Gasteiger partial charge on any atom is 0.240 e. The number of nitrogens with zero attached hydrogens (tertiary/aromatic N) is 5. The summed E-state index contributed by atoms with van der Waals surface area (Å²) in [5.41, 5.74) is 0. The molecule has 0 saturated heterocycles. The van der Waals surface area contributed by atoms with Crippen molar-refractivity contribution in [2.45, 2.75) is 43.1 Å². The molecule has 0 unspecified atom stereocenters. The Hall–Kier alpha value is -1.90. The number of ether oxygens (including phenoxy) is 3. The molecule has 0 aromatic carbocycles. The molecule has 1 aliphatic carbocycles. The van der Waals surface area contributed by atoms with Gasteiger partial charge >= 0.3 is 0 Å². The summed E-state index contributed by atoms with van der Waals surface area (Å²) in [7, 11) is 0.476. The molecule has 2 N–H and O–H groups in total. The molecule has 190 valence electrons. The minimum atomic E-state index is -4.02. The number of rotatable bonds is 13. The van der Waals surface area contributed by atoms with Gasteiger partial charge in [-0.25, -0.2) is 18.4 Å². The van der Waals surface area contributed by atoms with Crippen LogP contribution in [0.15, 0.2) is 12.4 Å². The minimum Gasteiger partial charge on any atom is -0.396 e. The summed E-state index contributed by atoms with van der Waals surface area (Å²) < 4.78 is 47.1. The number of aromatic nitrogens is 5. The highest BCUT2D eigenvalue weighted by Crippen LogP contribution is 2.42. The Kier molecular flexibility index (Phi) is 9.18. The average Bonchev–Trinajstić information content (AvgIpc) is 3.16. The van der Waals surface area contributed by atoms with Crippen LogP contribution in [0.1, 0.15) is 49.5 Å². The Morgan fingerprint density at radius 2 is 1.79 bits per heavy atom. The predicted molar refractivity (Wildman–Crippen MR) is 124 cm³/mol. The molecule has 1 aliphatic rings. The fourth-order valence-corrected chi connectivity index (χ4v) is 5.28. The number of nitrogens with one attached hydrogen (secondary N) is 1. The van der Waals surface area contributed by atoms with Crippen LogP contribution in [0.5, 0.6) is 0 Å². The largest absolute Gasteiger partial charge is 0.396 e. The van der Waals surface area contributed by atoms with Crippen molar-refractivity contribution in [3.8, 4) is 0 Å². The van der Waals surface area contributed by atoms with Gasteiger partial charge in [0.15, 0.2) is 5.82 Å². The van der Waals surface area contributed by atoms with E-state index in [1.165, 1.54) is 26.4 Å². The Morgan fingerprint density at radius 3 is 2.32 bits per heavy atom. The van der Waals surface area contributed by atoms with Gasteiger partial charge in [-0.3, -0.25) is 9.29 Å². The molecule has 14 heteroatoms. The van der Waals surface area contributed by atoms with Crippen molar-refractivity contribution in [1.29, 1.82) is 0 Å². The SMILES string of the molecule is COCC(COC)n1c(NS(=O)(=O)[C@@H](C)[C@H](OC)c2ncc(Cl)cn2)nnc1C1CC(CO)C1. The summed E-state index contributed by atoms with van der Waals surface area (Å²) in [5.74, 6) is 1.11. The van der Waals surface area contributed by atoms with Crippen LogP contribution in [0.3, 0.4) is 0 Å². The third-order valence-corrected chi connectivity index (χ3v) is 7.85. The van der Waals surface area contributed by atoms with Gasteiger partial charge in [-0.2, -0.15) is 0 Å². The smallest absolute Gasteiger partial charge is 0.240 e. The number of aliphatic hydroxyl groups is 1. The number of methoxy groups -OCH3 is 3. The standard InChI is InChI=1S/C20H31ClN6O6S/c1-12(17(33-4)18-22-7-15(21)8-23-18)34(29,30)26-20-25-24-19(14-5-13(6-14)9-28)27(20)16(10-31-2)11-32-3/h7-8,12-14,16-17,28H,5-6,9-11H2,1-4H3,(H,25,26)/t12-,13?,14?,17-/m0/s1. The first-order valence-electron chi connectivity index (χ1n) is 10.8. The van der Waals surface area contributed by atoms with E-state index < -0.39 is 21.4 Å². The maximum absolute atomic E-state index is 13.3. The highest BCUT2D eigenvalue weighted by atomic mass is 35.5. The Morgan fingerprint density at radius 1 is 1.18 bits per heavy atom. The Balaban J connectivity index is 1.91. The molecule has 1 saturated carbocycles. The van der Waals surface area contributed by atoms with Gasteiger partial charge in [0.25, 0.3) is 0 Å². The number of anilines is 1. The first-order valence-corrected chi connectivity index (χ1v) is 12.7. The van der Waals surface area contributed by atoms with Crippen molar-refractivity contribution in [3.63, 3.8) is 0 Å². The summed E-state index contributed by atoms with van der Waals surface area (Å²) in [5, 5.41) is 17.1. The van der Waals surface area contributed by atoms with E-state index in [0.717, 1.165) is 12.8 Å². The monoisotopic (exact) mass is 518 g/mol. The van der Waals surface area contributed by atoms with E-state index in [1.807, 2.05) is 0 Å². The van der Waals surface area contributed by atoms with Crippen molar-refractivity contribution in [2.24, 2.45) is 5.92 Å². The van der Waals surface area contributed by atoms with E-state index in [0.29, 0.717) is 10.8 Å². The van der Waals surface area contributed by atoms with E-state index in [4.69, 9.17) is 25.8 Å². The summed E-state index contributed by atoms with van der Waals surface area (Å²) in [4.78, 5) is 8.20.